The number of nitrogens with zero attached hydrogens (tertiary/aromatic N) is 4. The van der Waals surface area contributed by atoms with E-state index in [1.807, 2.05) is 62.6 Å². The summed E-state index contributed by atoms with van der Waals surface area (Å²) in [7, 11) is 7.45. The highest BCUT2D eigenvalue weighted by molar-refractivity contribution is 6.17. The second-order valence-corrected chi connectivity index (χ2v) is 11.9. The molecule has 0 atom stereocenters. The Morgan fingerprint density at radius 1 is 0.787 bits per heavy atom. The van der Waals surface area contributed by atoms with E-state index in [1.54, 1.807) is 54.7 Å². The molecule has 6 aromatic rings. The zero-order valence-corrected chi connectivity index (χ0v) is 27.0. The molecule has 6 rings (SSSR count). The van der Waals surface area contributed by atoms with Crippen LogP contribution in [0.25, 0.3) is 32.8 Å². The van der Waals surface area contributed by atoms with Crippen LogP contribution in [0.1, 0.15) is 43.5 Å². The summed E-state index contributed by atoms with van der Waals surface area (Å²) in [5.41, 5.74) is 3.25. The first kappa shape index (κ1) is 31.3. The standard InChI is InChI=1S/C36H37N7O4/c1-22-31(33(40-47-22)32-27-13-8-6-11-23(27)17-24-12-7-9-14-28(24)32)36(46)39-26-19-30(43(5)21-26)35(45)38-25-18-29(42(4)20-25)34(44)37-15-10-16-41(2)3/h6-9,11-14,17-21H,10,15-16H2,1-5H3,(H,37,44)(H,38,45)(H,39,46). The van der Waals surface area contributed by atoms with Gasteiger partial charge in [0, 0.05) is 38.6 Å². The molecular formula is C36H37N7O4. The molecular weight excluding hydrogens is 594 g/mol. The first-order valence-corrected chi connectivity index (χ1v) is 15.4. The van der Waals surface area contributed by atoms with E-state index >= 15 is 0 Å². The molecule has 3 aromatic heterocycles. The van der Waals surface area contributed by atoms with Crippen molar-refractivity contribution in [2.24, 2.45) is 14.1 Å². The van der Waals surface area contributed by atoms with Crippen LogP contribution in [0.3, 0.4) is 0 Å². The molecule has 47 heavy (non-hydrogen) atoms. The van der Waals surface area contributed by atoms with Crippen molar-refractivity contribution in [3.05, 3.63) is 102 Å². The van der Waals surface area contributed by atoms with Crippen molar-refractivity contribution in [3.8, 4) is 11.3 Å². The maximum atomic E-state index is 13.8. The van der Waals surface area contributed by atoms with Gasteiger partial charge in [0.25, 0.3) is 17.7 Å². The molecule has 0 radical (unpaired) electrons. The Morgan fingerprint density at radius 3 is 1.94 bits per heavy atom. The fourth-order valence-electron chi connectivity index (χ4n) is 5.87. The number of carbonyl (C=O) groups excluding carboxylic acids is 3. The average Bonchev–Trinajstić information content (AvgIpc) is 3.73. The quantitative estimate of drug-likeness (QED) is 0.129. The van der Waals surface area contributed by atoms with Gasteiger partial charge < -0.3 is 34.5 Å². The third kappa shape index (κ3) is 6.38. The predicted octanol–water partition coefficient (Wildman–Crippen LogP) is 5.82. The normalized spacial score (nSPS) is 11.4. The summed E-state index contributed by atoms with van der Waals surface area (Å²) < 4.78 is 8.90. The van der Waals surface area contributed by atoms with Crippen LogP contribution in [0.15, 0.2) is 83.6 Å². The lowest BCUT2D eigenvalue weighted by molar-refractivity contribution is 0.0942. The molecule has 0 saturated heterocycles. The van der Waals surface area contributed by atoms with Crippen molar-refractivity contribution < 1.29 is 18.9 Å². The smallest absolute Gasteiger partial charge is 0.272 e. The fraction of sp³-hybridized carbons (Fsp3) is 0.222. The van der Waals surface area contributed by atoms with Crippen LogP contribution < -0.4 is 16.0 Å². The van der Waals surface area contributed by atoms with E-state index in [1.165, 1.54) is 0 Å². The summed E-state index contributed by atoms with van der Waals surface area (Å²) in [5.74, 6) is -0.626. The van der Waals surface area contributed by atoms with Gasteiger partial charge in [0.15, 0.2) is 0 Å². The molecule has 0 saturated carbocycles. The van der Waals surface area contributed by atoms with Crippen molar-refractivity contribution in [1.82, 2.24) is 24.5 Å². The van der Waals surface area contributed by atoms with Crippen LogP contribution in [0, 0.1) is 6.92 Å². The molecule has 0 fully saturated rings. The molecule has 11 nitrogen and oxygen atoms in total. The number of carbonyl (C=O) groups is 3. The second-order valence-electron chi connectivity index (χ2n) is 11.9. The minimum atomic E-state index is -0.405. The van der Waals surface area contributed by atoms with Gasteiger partial charge in [-0.15, -0.1) is 0 Å². The number of benzene rings is 3. The average molecular weight is 632 g/mol. The van der Waals surface area contributed by atoms with Crippen molar-refractivity contribution in [2.75, 3.05) is 37.8 Å². The summed E-state index contributed by atoms with van der Waals surface area (Å²) in [5, 5.41) is 17.0. The highest BCUT2D eigenvalue weighted by Crippen LogP contribution is 2.38. The number of aromatic nitrogens is 3. The second kappa shape index (κ2) is 13.0. The van der Waals surface area contributed by atoms with Gasteiger partial charge in [0.1, 0.15) is 28.4 Å². The number of aryl methyl sites for hydroxylation is 3. The Morgan fingerprint density at radius 2 is 1.34 bits per heavy atom. The molecule has 0 spiro atoms. The van der Waals surface area contributed by atoms with E-state index in [0.29, 0.717) is 46.3 Å². The van der Waals surface area contributed by atoms with E-state index in [4.69, 9.17) is 4.52 Å². The summed E-state index contributed by atoms with van der Waals surface area (Å²) in [6.07, 6.45) is 4.18. The van der Waals surface area contributed by atoms with Crippen LogP contribution in [0.4, 0.5) is 11.4 Å². The Kier molecular flexibility index (Phi) is 8.64. The lowest BCUT2D eigenvalue weighted by Gasteiger charge is -2.11. The molecule has 3 amide bonds. The fourth-order valence-corrected chi connectivity index (χ4v) is 5.87. The Balaban J connectivity index is 1.21. The highest BCUT2D eigenvalue weighted by Gasteiger charge is 2.26. The minimum absolute atomic E-state index is 0.212. The van der Waals surface area contributed by atoms with Gasteiger partial charge in [-0.25, -0.2) is 0 Å². The minimum Gasteiger partial charge on any atom is -0.360 e. The number of hydrogen-bond acceptors (Lipinski definition) is 6. The van der Waals surface area contributed by atoms with E-state index in [9.17, 15) is 14.4 Å². The topological polar surface area (TPSA) is 126 Å². The van der Waals surface area contributed by atoms with Crippen LogP contribution in [-0.4, -0.2) is 64.1 Å². The van der Waals surface area contributed by atoms with Gasteiger partial charge in [-0.1, -0.05) is 53.7 Å². The molecule has 3 N–H and O–H groups in total. The Labute approximate surface area is 272 Å². The van der Waals surface area contributed by atoms with Gasteiger partial charge in [-0.05, 0) is 73.7 Å². The summed E-state index contributed by atoms with van der Waals surface area (Å²) in [6, 6.07) is 21.3. The summed E-state index contributed by atoms with van der Waals surface area (Å²) in [4.78, 5) is 41.8. The largest absolute Gasteiger partial charge is 0.360 e. The van der Waals surface area contributed by atoms with Crippen molar-refractivity contribution >= 4 is 50.6 Å². The zero-order valence-electron chi connectivity index (χ0n) is 27.0. The van der Waals surface area contributed by atoms with Crippen LogP contribution in [0.2, 0.25) is 0 Å². The molecule has 0 bridgehead atoms. The van der Waals surface area contributed by atoms with Crippen LogP contribution >= 0.6 is 0 Å². The maximum Gasteiger partial charge on any atom is 0.272 e. The number of hydrogen-bond donors (Lipinski definition) is 3. The molecule has 240 valence electrons. The van der Waals surface area contributed by atoms with Gasteiger partial charge >= 0.3 is 0 Å². The lowest BCUT2D eigenvalue weighted by atomic mass is 9.93. The van der Waals surface area contributed by atoms with Gasteiger partial charge in [0.2, 0.25) is 0 Å². The number of amides is 3. The number of rotatable bonds is 10. The van der Waals surface area contributed by atoms with Crippen molar-refractivity contribution in [3.63, 3.8) is 0 Å². The zero-order chi connectivity index (χ0) is 33.2. The van der Waals surface area contributed by atoms with E-state index in [2.05, 4.69) is 32.1 Å². The Hall–Kier alpha value is -5.68. The van der Waals surface area contributed by atoms with Gasteiger partial charge in [-0.3, -0.25) is 14.4 Å². The number of fused-ring (bicyclic) bond motifs is 2. The molecule has 3 heterocycles. The monoisotopic (exact) mass is 631 g/mol. The third-order valence-electron chi connectivity index (χ3n) is 8.16. The molecule has 0 unspecified atom stereocenters. The van der Waals surface area contributed by atoms with E-state index in [-0.39, 0.29) is 11.8 Å². The van der Waals surface area contributed by atoms with Crippen molar-refractivity contribution in [2.45, 2.75) is 13.3 Å². The lowest BCUT2D eigenvalue weighted by Crippen LogP contribution is -2.28. The van der Waals surface area contributed by atoms with E-state index in [0.717, 1.165) is 40.1 Å². The van der Waals surface area contributed by atoms with Gasteiger partial charge in [-0.2, -0.15) is 0 Å². The number of anilines is 2. The SMILES string of the molecule is Cc1onc(-c2c3ccccc3cc3ccccc23)c1C(=O)Nc1cc(C(=O)Nc2cc(C(=O)NCCCN(C)C)n(C)c2)n(C)c1. The summed E-state index contributed by atoms with van der Waals surface area (Å²) >= 11 is 0. The Bertz CT molecular complexity index is 2080. The highest BCUT2D eigenvalue weighted by atomic mass is 16.5. The van der Waals surface area contributed by atoms with E-state index < -0.39 is 5.91 Å². The van der Waals surface area contributed by atoms with Crippen LogP contribution in [0.5, 0.6) is 0 Å². The molecule has 3 aromatic carbocycles. The first-order chi connectivity index (χ1) is 22.6. The molecule has 11 heteroatoms. The first-order valence-electron chi connectivity index (χ1n) is 15.4. The molecule has 0 aliphatic carbocycles. The third-order valence-corrected chi connectivity index (χ3v) is 8.16. The summed E-state index contributed by atoms with van der Waals surface area (Å²) in [6.45, 7) is 3.13. The van der Waals surface area contributed by atoms with Crippen LogP contribution in [-0.2, 0) is 14.1 Å². The molecule has 0 aliphatic heterocycles. The number of nitrogens with one attached hydrogen (secondary N) is 3. The predicted molar refractivity (Wildman–Crippen MR) is 184 cm³/mol. The van der Waals surface area contributed by atoms with Crippen molar-refractivity contribution in [1.29, 1.82) is 0 Å². The molecule has 0 aliphatic rings. The van der Waals surface area contributed by atoms with Gasteiger partial charge in [0.05, 0.1) is 11.4 Å². The maximum absolute atomic E-state index is 13.8.